The van der Waals surface area contributed by atoms with E-state index in [9.17, 15) is 9.90 Å². The number of rotatable bonds is 3. The fourth-order valence-corrected chi connectivity index (χ4v) is 2.09. The van der Waals surface area contributed by atoms with Gasteiger partial charge in [0.15, 0.2) is 0 Å². The number of aromatic carboxylic acids is 1. The monoisotopic (exact) mass is 300 g/mol. The second-order valence-corrected chi connectivity index (χ2v) is 4.35. The smallest absolute Gasteiger partial charge is 0.339 e. The highest BCUT2D eigenvalue weighted by Crippen LogP contribution is 2.19. The lowest BCUT2D eigenvalue weighted by atomic mass is 10.2. The van der Waals surface area contributed by atoms with Crippen LogP contribution in [0.2, 0.25) is 0 Å². The molecule has 1 aromatic carbocycles. The first-order valence-electron chi connectivity index (χ1n) is 6.18. The van der Waals surface area contributed by atoms with Gasteiger partial charge in [0.25, 0.3) is 0 Å². The Hall–Kier alpha value is -2.59. The number of pyridine rings is 1. The summed E-state index contributed by atoms with van der Waals surface area (Å²) >= 11 is 0. The van der Waals surface area contributed by atoms with E-state index >= 15 is 0 Å². The van der Waals surface area contributed by atoms with Crippen molar-refractivity contribution in [2.75, 3.05) is 0 Å². The number of carbonyl (C=O) groups is 1. The van der Waals surface area contributed by atoms with Crippen molar-refractivity contribution in [1.29, 1.82) is 0 Å². The van der Waals surface area contributed by atoms with E-state index in [1.54, 1.807) is 23.0 Å². The molecule has 0 fully saturated rings. The van der Waals surface area contributed by atoms with Crippen LogP contribution in [0.25, 0.3) is 23.3 Å². The van der Waals surface area contributed by atoms with Crippen LogP contribution in [0.4, 0.5) is 0 Å². The molecule has 4 nitrogen and oxygen atoms in total. The van der Waals surface area contributed by atoms with Crippen LogP contribution in [-0.2, 0) is 0 Å². The highest BCUT2D eigenvalue weighted by atomic mass is 35.5. The minimum absolute atomic E-state index is 0. The van der Waals surface area contributed by atoms with Crippen molar-refractivity contribution in [3.63, 3.8) is 0 Å². The Balaban J connectivity index is 0.00000161. The number of fused-ring (bicyclic) bond motifs is 1. The predicted octanol–water partition coefficient (Wildman–Crippen LogP) is 3.78. The summed E-state index contributed by atoms with van der Waals surface area (Å²) in [4.78, 5) is 15.4. The molecule has 0 saturated heterocycles. The Morgan fingerprint density at radius 3 is 2.62 bits per heavy atom. The highest BCUT2D eigenvalue weighted by Gasteiger charge is 2.13. The zero-order chi connectivity index (χ0) is 13.9. The molecule has 106 valence electrons. The summed E-state index contributed by atoms with van der Waals surface area (Å²) < 4.78 is 1.78. The van der Waals surface area contributed by atoms with Crippen molar-refractivity contribution < 1.29 is 9.90 Å². The fraction of sp³-hybridized carbons (Fsp3) is 0. The van der Waals surface area contributed by atoms with Crippen LogP contribution >= 0.6 is 12.4 Å². The number of hydrogen-bond donors (Lipinski definition) is 1. The minimum atomic E-state index is -0.972. The van der Waals surface area contributed by atoms with Gasteiger partial charge in [0.2, 0.25) is 0 Å². The quantitative estimate of drug-likeness (QED) is 0.801. The number of carboxylic acids is 1. The number of nitrogens with zero attached hydrogens (tertiary/aromatic N) is 2. The normalized spacial score (nSPS) is 10.7. The first-order chi connectivity index (χ1) is 9.75. The Morgan fingerprint density at radius 2 is 1.90 bits per heavy atom. The van der Waals surface area contributed by atoms with Crippen LogP contribution in [0.15, 0.2) is 54.9 Å². The van der Waals surface area contributed by atoms with Crippen molar-refractivity contribution in [2.45, 2.75) is 0 Å². The SMILES string of the molecule is Cl.O=C(O)c1cn(C=Cc2ccccc2)c2cccnc12. The van der Waals surface area contributed by atoms with Gasteiger partial charge in [-0.2, -0.15) is 0 Å². The summed E-state index contributed by atoms with van der Waals surface area (Å²) in [6.07, 6.45) is 6.95. The molecule has 0 aliphatic rings. The predicted molar refractivity (Wildman–Crippen MR) is 85.6 cm³/mol. The number of carboxylic acid groups (broad SMARTS) is 1. The summed E-state index contributed by atoms with van der Waals surface area (Å²) in [7, 11) is 0. The third-order valence-corrected chi connectivity index (χ3v) is 3.05. The van der Waals surface area contributed by atoms with Crippen molar-refractivity contribution in [3.05, 3.63) is 66.0 Å². The minimum Gasteiger partial charge on any atom is -0.478 e. The third kappa shape index (κ3) is 2.95. The van der Waals surface area contributed by atoms with Gasteiger partial charge in [-0.1, -0.05) is 30.3 Å². The molecule has 5 heteroatoms. The van der Waals surface area contributed by atoms with E-state index in [4.69, 9.17) is 0 Å². The van der Waals surface area contributed by atoms with Gasteiger partial charge >= 0.3 is 5.97 Å². The second-order valence-electron chi connectivity index (χ2n) is 4.35. The zero-order valence-electron chi connectivity index (χ0n) is 11.0. The molecular weight excluding hydrogens is 288 g/mol. The van der Waals surface area contributed by atoms with E-state index in [0.29, 0.717) is 5.52 Å². The molecule has 0 bridgehead atoms. The maximum atomic E-state index is 11.2. The Kier molecular flexibility index (Phi) is 4.40. The van der Waals surface area contributed by atoms with Crippen LogP contribution < -0.4 is 0 Å². The van der Waals surface area contributed by atoms with E-state index < -0.39 is 5.97 Å². The van der Waals surface area contributed by atoms with E-state index in [2.05, 4.69) is 4.98 Å². The number of benzene rings is 1. The highest BCUT2D eigenvalue weighted by molar-refractivity contribution is 6.02. The third-order valence-electron chi connectivity index (χ3n) is 3.05. The first kappa shape index (κ1) is 14.8. The Morgan fingerprint density at radius 1 is 1.14 bits per heavy atom. The molecule has 0 unspecified atom stereocenters. The van der Waals surface area contributed by atoms with E-state index in [-0.39, 0.29) is 18.0 Å². The largest absolute Gasteiger partial charge is 0.478 e. The second kappa shape index (κ2) is 6.24. The molecule has 0 amide bonds. The van der Waals surface area contributed by atoms with Crippen LogP contribution in [-0.4, -0.2) is 20.6 Å². The van der Waals surface area contributed by atoms with Gasteiger partial charge in [0.05, 0.1) is 5.52 Å². The van der Waals surface area contributed by atoms with E-state index in [0.717, 1.165) is 11.1 Å². The topological polar surface area (TPSA) is 55.1 Å². The van der Waals surface area contributed by atoms with Crippen LogP contribution in [0.5, 0.6) is 0 Å². The van der Waals surface area contributed by atoms with Crippen LogP contribution in [0.3, 0.4) is 0 Å². The lowest BCUT2D eigenvalue weighted by molar-refractivity contribution is 0.0698. The molecule has 0 aliphatic heterocycles. The lowest BCUT2D eigenvalue weighted by Crippen LogP contribution is -1.94. The molecule has 2 heterocycles. The summed E-state index contributed by atoms with van der Waals surface area (Å²) in [6.45, 7) is 0. The molecule has 21 heavy (non-hydrogen) atoms. The van der Waals surface area contributed by atoms with Crippen molar-refractivity contribution in [2.24, 2.45) is 0 Å². The summed E-state index contributed by atoms with van der Waals surface area (Å²) in [6, 6.07) is 13.5. The van der Waals surface area contributed by atoms with Crippen molar-refractivity contribution in [3.8, 4) is 0 Å². The molecule has 0 radical (unpaired) electrons. The molecule has 0 aliphatic carbocycles. The number of hydrogen-bond acceptors (Lipinski definition) is 2. The van der Waals surface area contributed by atoms with Crippen molar-refractivity contribution in [1.82, 2.24) is 9.55 Å². The summed E-state index contributed by atoms with van der Waals surface area (Å²) in [5.74, 6) is -0.972. The molecule has 3 rings (SSSR count). The molecule has 3 aromatic rings. The molecule has 1 N–H and O–H groups in total. The van der Waals surface area contributed by atoms with Crippen LogP contribution in [0.1, 0.15) is 15.9 Å². The summed E-state index contributed by atoms with van der Waals surface area (Å²) in [5.41, 5.74) is 2.53. The standard InChI is InChI=1S/C16H12N2O2.ClH/c19-16(20)13-11-18(14-7-4-9-17-15(13)14)10-8-12-5-2-1-3-6-12;/h1-11H,(H,19,20);1H. The molecular formula is C16H13ClN2O2. The first-order valence-corrected chi connectivity index (χ1v) is 6.18. The van der Waals surface area contributed by atoms with Crippen molar-refractivity contribution >= 4 is 41.7 Å². The van der Waals surface area contributed by atoms with E-state index in [1.807, 2.05) is 48.7 Å². The van der Waals surface area contributed by atoms with Gasteiger partial charge < -0.3 is 9.67 Å². The van der Waals surface area contributed by atoms with Gasteiger partial charge in [0.1, 0.15) is 11.1 Å². The molecule has 2 aromatic heterocycles. The average molecular weight is 301 g/mol. The molecule has 0 spiro atoms. The average Bonchev–Trinajstić information content (AvgIpc) is 2.85. The van der Waals surface area contributed by atoms with Gasteiger partial charge in [-0.05, 0) is 23.8 Å². The molecule has 0 atom stereocenters. The van der Waals surface area contributed by atoms with Gasteiger partial charge in [-0.15, -0.1) is 12.4 Å². The Bertz CT molecular complexity index is 794. The number of halogens is 1. The summed E-state index contributed by atoms with van der Waals surface area (Å²) in [5, 5.41) is 9.20. The molecule has 0 saturated carbocycles. The van der Waals surface area contributed by atoms with Gasteiger partial charge in [-0.25, -0.2) is 4.79 Å². The van der Waals surface area contributed by atoms with E-state index in [1.165, 1.54) is 0 Å². The number of aromatic nitrogens is 2. The zero-order valence-corrected chi connectivity index (χ0v) is 11.8. The fourth-order valence-electron chi connectivity index (χ4n) is 2.09. The lowest BCUT2D eigenvalue weighted by Gasteiger charge is -1.97. The maximum absolute atomic E-state index is 11.2. The van der Waals surface area contributed by atoms with Gasteiger partial charge in [0, 0.05) is 18.6 Å². The van der Waals surface area contributed by atoms with Gasteiger partial charge in [-0.3, -0.25) is 4.98 Å². The Labute approximate surface area is 127 Å². The van der Waals surface area contributed by atoms with Crippen LogP contribution in [0, 0.1) is 0 Å². The maximum Gasteiger partial charge on any atom is 0.339 e.